The molecule has 1 fully saturated rings. The Labute approximate surface area is 121 Å². The van der Waals surface area contributed by atoms with Crippen molar-refractivity contribution in [3.8, 4) is 0 Å². The quantitative estimate of drug-likeness (QED) is 0.258. The van der Waals surface area contributed by atoms with Crippen LogP contribution in [0.5, 0.6) is 0 Å². The molecule has 0 heterocycles. The average Bonchev–Trinajstić information content (AvgIpc) is 2.87. The van der Waals surface area contributed by atoms with E-state index in [2.05, 4.69) is 33.1 Å². The van der Waals surface area contributed by atoms with Crippen LogP contribution in [0.15, 0.2) is 12.2 Å². The van der Waals surface area contributed by atoms with Crippen molar-refractivity contribution in [1.82, 2.24) is 0 Å². The summed E-state index contributed by atoms with van der Waals surface area (Å²) in [6, 6.07) is 0. The molecule has 0 unspecified atom stereocenters. The van der Waals surface area contributed by atoms with Crippen molar-refractivity contribution in [3.05, 3.63) is 69.9 Å². The van der Waals surface area contributed by atoms with Crippen molar-refractivity contribution in [1.29, 1.82) is 0 Å². The zero-order valence-electron chi connectivity index (χ0n) is 10.3. The fourth-order valence-corrected chi connectivity index (χ4v) is 0.691. The van der Waals surface area contributed by atoms with Gasteiger partial charge in [0, 0.05) is 23.5 Å². The Morgan fingerprint density at radius 3 is 1.72 bits per heavy atom. The molecule has 0 N–H and O–H groups in total. The Balaban J connectivity index is -0.0000000819. The molecule has 0 atom stereocenters. The summed E-state index contributed by atoms with van der Waals surface area (Å²) in [5.41, 5.74) is 0. The normalized spacial score (nSPS) is 12.6. The zero-order valence-corrected chi connectivity index (χ0v) is 11.5. The van der Waals surface area contributed by atoms with Crippen LogP contribution in [0.3, 0.4) is 0 Å². The predicted octanol–water partition coefficient (Wildman–Crippen LogP) is 2.50. The van der Waals surface area contributed by atoms with Crippen molar-refractivity contribution in [2.75, 3.05) is 0 Å². The molecule has 96 valence electrons. The van der Waals surface area contributed by atoms with E-state index >= 15 is 0 Å². The fourth-order valence-electron chi connectivity index (χ4n) is 0.691. The zero-order chi connectivity index (χ0) is 13.9. The molecule has 1 rings (SSSR count). The third-order valence-corrected chi connectivity index (χ3v) is 1.32. The Morgan fingerprint density at radius 1 is 1.06 bits per heavy atom. The SMILES string of the molecule is C/C=C/[CH][CH]C=O.C[C]1[CH][CH][CH][CH]1.[C-]#[O+].[C-]#[O+].[Mn]. The first-order valence-corrected chi connectivity index (χ1v) is 4.63. The van der Waals surface area contributed by atoms with Crippen molar-refractivity contribution in [2.45, 2.75) is 13.8 Å². The molecule has 3 nitrogen and oxygen atoms in total. The Kier molecular flexibility index (Phi) is 43.4. The van der Waals surface area contributed by atoms with Crippen LogP contribution >= 0.6 is 0 Å². The van der Waals surface area contributed by atoms with Crippen LogP contribution in [0.1, 0.15) is 13.8 Å². The van der Waals surface area contributed by atoms with E-state index in [-0.39, 0.29) is 17.1 Å². The molecular formula is C14H15MnO3. The molecule has 0 aromatic heterocycles. The van der Waals surface area contributed by atoms with Gasteiger partial charge in [0.05, 0.1) is 0 Å². The van der Waals surface area contributed by atoms with Crippen LogP contribution in [-0.2, 0) is 31.2 Å². The van der Waals surface area contributed by atoms with Crippen LogP contribution in [0.4, 0.5) is 0 Å². The van der Waals surface area contributed by atoms with Crippen molar-refractivity contribution < 1.29 is 31.2 Å². The molecule has 0 aliphatic heterocycles. The second-order valence-electron chi connectivity index (χ2n) is 2.51. The van der Waals surface area contributed by atoms with Crippen LogP contribution < -0.4 is 0 Å². The molecule has 0 bridgehead atoms. The molecule has 0 aromatic carbocycles. The monoisotopic (exact) mass is 286 g/mol. The van der Waals surface area contributed by atoms with Crippen LogP contribution in [0, 0.1) is 57.7 Å². The van der Waals surface area contributed by atoms with E-state index in [0.717, 1.165) is 6.29 Å². The summed E-state index contributed by atoms with van der Waals surface area (Å²) >= 11 is 0. The van der Waals surface area contributed by atoms with Gasteiger partial charge in [0.2, 0.25) is 0 Å². The van der Waals surface area contributed by atoms with Gasteiger partial charge >= 0.3 is 22.6 Å². The van der Waals surface area contributed by atoms with E-state index in [1.54, 1.807) is 12.5 Å². The fraction of sp³-hybridized carbons (Fsp3) is 0.143. The maximum atomic E-state index is 9.56. The summed E-state index contributed by atoms with van der Waals surface area (Å²) in [5.74, 6) is 1.34. The van der Waals surface area contributed by atoms with Crippen LogP contribution in [0.25, 0.3) is 0 Å². The van der Waals surface area contributed by atoms with Gasteiger partial charge in [-0.05, 0) is 44.9 Å². The Morgan fingerprint density at radius 2 is 1.50 bits per heavy atom. The van der Waals surface area contributed by atoms with Gasteiger partial charge in [-0.15, -0.1) is 0 Å². The standard InChI is InChI=1S/C6H8O.C6H7.2CO.Mn/c1-2-3-4-5-6-7;1-6-4-2-3-5-6;2*1-2;/h2-6H,1H3;2-5H,1H3;;;/b3-2+;;;;. The minimum Gasteiger partial charge on any atom is 0 e. The summed E-state index contributed by atoms with van der Waals surface area (Å²) < 4.78 is 15.0. The van der Waals surface area contributed by atoms with Crippen molar-refractivity contribution in [2.24, 2.45) is 0 Å². The van der Waals surface area contributed by atoms with E-state index < -0.39 is 0 Å². The number of carbonyl (C=O) groups excluding carboxylic acids is 1. The maximum Gasteiger partial charge on any atom is 0 e. The first-order chi connectivity index (χ1) is 8.31. The maximum absolute atomic E-state index is 9.56. The summed E-state index contributed by atoms with van der Waals surface area (Å²) in [7, 11) is 0. The smallest absolute Gasteiger partial charge is 0 e. The van der Waals surface area contributed by atoms with Crippen LogP contribution in [-0.4, -0.2) is 6.29 Å². The van der Waals surface area contributed by atoms with E-state index in [4.69, 9.17) is 9.30 Å². The molecule has 18 heavy (non-hydrogen) atoms. The number of hydrogen-bond acceptors (Lipinski definition) is 1. The van der Waals surface area contributed by atoms with Gasteiger partial charge in [-0.25, -0.2) is 0 Å². The summed E-state index contributed by atoms with van der Waals surface area (Å²) in [5, 5.41) is 0. The number of hydrogen-bond donors (Lipinski definition) is 0. The molecule has 4 heteroatoms. The van der Waals surface area contributed by atoms with E-state index in [1.165, 1.54) is 12.3 Å². The first-order valence-electron chi connectivity index (χ1n) is 4.63. The Hall–Kier alpha value is -0.591. The van der Waals surface area contributed by atoms with E-state index in [9.17, 15) is 4.79 Å². The predicted molar refractivity (Wildman–Crippen MR) is 63.5 cm³/mol. The first kappa shape index (κ1) is 26.1. The van der Waals surface area contributed by atoms with Gasteiger partial charge in [0.1, 0.15) is 6.29 Å². The molecule has 0 amide bonds. The summed E-state index contributed by atoms with van der Waals surface area (Å²) in [4.78, 5) is 9.56. The second kappa shape index (κ2) is 29.9. The largest absolute Gasteiger partial charge is 0 e. The van der Waals surface area contributed by atoms with Gasteiger partial charge in [-0.3, -0.25) is 0 Å². The summed E-state index contributed by atoms with van der Waals surface area (Å²) in [6.45, 7) is 13.0. The third-order valence-electron chi connectivity index (χ3n) is 1.32. The molecular weight excluding hydrogens is 271 g/mol. The van der Waals surface area contributed by atoms with E-state index in [0.29, 0.717) is 0 Å². The molecule has 0 aromatic rings. The van der Waals surface area contributed by atoms with Crippen LogP contribution in [0.2, 0.25) is 0 Å². The second-order valence-corrected chi connectivity index (χ2v) is 2.51. The number of carbonyl (C=O) groups is 1. The molecule has 1 aliphatic rings. The minimum absolute atomic E-state index is 0. The van der Waals surface area contributed by atoms with Gasteiger partial charge in [0.15, 0.2) is 0 Å². The van der Waals surface area contributed by atoms with Gasteiger partial charge in [0.25, 0.3) is 0 Å². The topological polar surface area (TPSA) is 56.9 Å². The molecule has 1 saturated carbocycles. The number of allylic oxidation sites excluding steroid dienone is 2. The molecule has 0 saturated heterocycles. The molecule has 0 spiro atoms. The Bertz CT molecular complexity index is 198. The number of aldehydes is 1. The minimum atomic E-state index is 0. The summed E-state index contributed by atoms with van der Waals surface area (Å²) in [6.07, 6.45) is 15.8. The van der Waals surface area contributed by atoms with Gasteiger partial charge < -0.3 is 4.79 Å². The van der Waals surface area contributed by atoms with Gasteiger partial charge in [-0.2, -0.15) is 0 Å². The molecule has 1 aliphatic carbocycles. The van der Waals surface area contributed by atoms with Crippen molar-refractivity contribution in [3.63, 3.8) is 0 Å². The van der Waals surface area contributed by atoms with Gasteiger partial charge in [-0.1, -0.05) is 19.1 Å². The van der Waals surface area contributed by atoms with E-state index in [1.807, 2.05) is 25.8 Å². The number of unbranched alkanes of at least 4 members (excludes halogenated alkanes) is 1. The number of rotatable bonds is 3. The molecule has 8 radical (unpaired) electrons. The van der Waals surface area contributed by atoms with Crippen molar-refractivity contribution >= 4 is 6.29 Å². The third kappa shape index (κ3) is 29.5. The average molecular weight is 286 g/mol.